The van der Waals surface area contributed by atoms with Crippen LogP contribution < -0.4 is 0 Å². The summed E-state index contributed by atoms with van der Waals surface area (Å²) < 4.78 is 11.6. The third-order valence-electron chi connectivity index (χ3n) is 8.30. The lowest BCUT2D eigenvalue weighted by atomic mass is 9.47. The molecule has 0 N–H and O–H groups in total. The number of hydrogen-bond donors (Lipinski definition) is 0. The number of esters is 1. The molecule has 0 radical (unpaired) electrons. The molecule has 0 amide bonds. The van der Waals surface area contributed by atoms with Gasteiger partial charge in [0, 0.05) is 12.5 Å². The largest absolute Gasteiger partial charge is 0.454 e. The van der Waals surface area contributed by atoms with Gasteiger partial charge in [-0.1, -0.05) is 44.1 Å². The first kappa shape index (κ1) is 19.9. The lowest BCUT2D eigenvalue weighted by Gasteiger charge is -2.57. The molecule has 3 nitrogen and oxygen atoms in total. The van der Waals surface area contributed by atoms with Gasteiger partial charge < -0.3 is 9.47 Å². The Bertz CT molecular complexity index is 732. The molecule has 4 rings (SSSR count). The highest BCUT2D eigenvalue weighted by atomic mass is 16.5. The van der Waals surface area contributed by atoms with Gasteiger partial charge in [0.25, 0.3) is 0 Å². The number of hydrogen-bond acceptors (Lipinski definition) is 3. The number of cyclic esters (lactones) is 1. The Morgan fingerprint density at radius 1 is 1.36 bits per heavy atom. The van der Waals surface area contributed by atoms with Crippen molar-refractivity contribution in [3.63, 3.8) is 0 Å². The van der Waals surface area contributed by atoms with Gasteiger partial charge in [0.1, 0.15) is 6.10 Å². The Morgan fingerprint density at radius 3 is 2.86 bits per heavy atom. The first-order chi connectivity index (χ1) is 13.2. The van der Waals surface area contributed by atoms with E-state index in [9.17, 15) is 4.79 Å². The number of carbonyl (C=O) groups excluding carboxylic acids is 1. The van der Waals surface area contributed by atoms with Crippen molar-refractivity contribution in [2.45, 2.75) is 84.8 Å². The van der Waals surface area contributed by atoms with Crippen LogP contribution in [0.15, 0.2) is 35.5 Å². The molecule has 2 heterocycles. The number of allylic oxidation sites excluding steroid dienone is 1. The molecule has 2 aliphatic carbocycles. The fourth-order valence-corrected chi connectivity index (χ4v) is 6.94. The zero-order chi connectivity index (χ0) is 20.1. The van der Waals surface area contributed by atoms with Gasteiger partial charge in [0.15, 0.2) is 0 Å². The van der Waals surface area contributed by atoms with Crippen LogP contribution >= 0.6 is 0 Å². The van der Waals surface area contributed by atoms with Crippen LogP contribution in [0.4, 0.5) is 0 Å². The SMILES string of the molecule is C=C1C[C@@H]2OC[C@]3(C)CCC[C@](C)([C@H]1CCC(C)=CC[C@H]1OC(=O)C=C1C)[C@@H]23. The van der Waals surface area contributed by atoms with E-state index < -0.39 is 0 Å². The Labute approximate surface area is 170 Å². The maximum atomic E-state index is 11.4. The highest BCUT2D eigenvalue weighted by molar-refractivity contribution is 5.85. The van der Waals surface area contributed by atoms with E-state index in [0.717, 1.165) is 31.4 Å². The number of rotatable bonds is 5. The first-order valence-corrected chi connectivity index (χ1v) is 11.1. The Kier molecular flexibility index (Phi) is 5.10. The summed E-state index contributed by atoms with van der Waals surface area (Å²) in [5, 5.41) is 0. The van der Waals surface area contributed by atoms with Crippen LogP contribution in [0.1, 0.15) is 72.6 Å². The molecule has 3 heteroatoms. The molecule has 154 valence electrons. The average molecular weight is 385 g/mol. The summed E-state index contributed by atoms with van der Waals surface area (Å²) in [6.07, 6.45) is 12.2. The molecule has 28 heavy (non-hydrogen) atoms. The third-order valence-corrected chi connectivity index (χ3v) is 8.30. The Balaban J connectivity index is 1.42. The van der Waals surface area contributed by atoms with Gasteiger partial charge in [-0.15, -0.1) is 0 Å². The molecule has 2 aliphatic heterocycles. The minimum Gasteiger partial charge on any atom is -0.454 e. The summed E-state index contributed by atoms with van der Waals surface area (Å²) in [5.74, 6) is 1.07. The molecule has 3 fully saturated rings. The molecular weight excluding hydrogens is 348 g/mol. The molecule has 0 spiro atoms. The van der Waals surface area contributed by atoms with E-state index in [1.165, 1.54) is 36.8 Å². The van der Waals surface area contributed by atoms with E-state index in [1.807, 2.05) is 6.92 Å². The van der Waals surface area contributed by atoms with E-state index in [0.29, 0.717) is 28.8 Å². The summed E-state index contributed by atoms with van der Waals surface area (Å²) in [4.78, 5) is 11.4. The lowest BCUT2D eigenvalue weighted by Crippen LogP contribution is -2.53. The molecule has 1 saturated heterocycles. The smallest absolute Gasteiger partial charge is 0.331 e. The van der Waals surface area contributed by atoms with Crippen LogP contribution in [0.25, 0.3) is 0 Å². The Morgan fingerprint density at radius 2 is 2.14 bits per heavy atom. The molecule has 0 aromatic rings. The maximum Gasteiger partial charge on any atom is 0.331 e. The van der Waals surface area contributed by atoms with Crippen LogP contribution in [-0.4, -0.2) is 24.8 Å². The van der Waals surface area contributed by atoms with Crippen LogP contribution in [0.2, 0.25) is 0 Å². The summed E-state index contributed by atoms with van der Waals surface area (Å²) in [6, 6.07) is 0. The molecule has 0 bridgehead atoms. The fourth-order valence-electron chi connectivity index (χ4n) is 6.94. The summed E-state index contributed by atoms with van der Waals surface area (Å²) in [6.45, 7) is 14.6. The minimum absolute atomic E-state index is 0.0694. The van der Waals surface area contributed by atoms with Crippen molar-refractivity contribution in [3.8, 4) is 0 Å². The van der Waals surface area contributed by atoms with Gasteiger partial charge in [-0.25, -0.2) is 4.79 Å². The molecule has 0 aromatic carbocycles. The van der Waals surface area contributed by atoms with Gasteiger partial charge in [-0.3, -0.25) is 0 Å². The van der Waals surface area contributed by atoms with Crippen molar-refractivity contribution in [1.82, 2.24) is 0 Å². The van der Waals surface area contributed by atoms with E-state index in [4.69, 9.17) is 9.47 Å². The van der Waals surface area contributed by atoms with E-state index in [2.05, 4.69) is 33.4 Å². The van der Waals surface area contributed by atoms with Crippen molar-refractivity contribution in [1.29, 1.82) is 0 Å². The molecule has 0 unspecified atom stereocenters. The summed E-state index contributed by atoms with van der Waals surface area (Å²) in [5.41, 5.74) is 4.53. The van der Waals surface area contributed by atoms with Crippen molar-refractivity contribution in [2.24, 2.45) is 22.7 Å². The number of carbonyl (C=O) groups is 1. The van der Waals surface area contributed by atoms with E-state index in [-0.39, 0.29) is 12.1 Å². The quantitative estimate of drug-likeness (QED) is 0.446. The average Bonchev–Trinajstić information content (AvgIpc) is 3.12. The van der Waals surface area contributed by atoms with Gasteiger partial charge in [-0.05, 0) is 74.2 Å². The highest BCUT2D eigenvalue weighted by Gasteiger charge is 2.61. The van der Waals surface area contributed by atoms with E-state index >= 15 is 0 Å². The molecule has 2 saturated carbocycles. The van der Waals surface area contributed by atoms with Gasteiger partial charge in [0.05, 0.1) is 12.7 Å². The predicted octanol–water partition coefficient (Wildman–Crippen LogP) is 5.76. The monoisotopic (exact) mass is 384 g/mol. The molecular formula is C25H36O3. The second-order valence-corrected chi connectivity index (χ2v) is 10.4. The first-order valence-electron chi connectivity index (χ1n) is 11.1. The lowest BCUT2D eigenvalue weighted by molar-refractivity contribution is -0.138. The topological polar surface area (TPSA) is 35.5 Å². The molecule has 6 atom stereocenters. The second-order valence-electron chi connectivity index (χ2n) is 10.4. The Hall–Kier alpha value is -1.35. The normalized spacial score (nSPS) is 43.0. The zero-order valence-corrected chi connectivity index (χ0v) is 18.1. The van der Waals surface area contributed by atoms with Crippen LogP contribution in [-0.2, 0) is 14.3 Å². The summed E-state index contributed by atoms with van der Waals surface area (Å²) >= 11 is 0. The van der Waals surface area contributed by atoms with Crippen LogP contribution in [0, 0.1) is 22.7 Å². The third kappa shape index (κ3) is 3.30. The maximum absolute atomic E-state index is 11.4. The zero-order valence-electron chi connectivity index (χ0n) is 18.1. The van der Waals surface area contributed by atoms with Crippen LogP contribution in [0.5, 0.6) is 0 Å². The van der Waals surface area contributed by atoms with Gasteiger partial charge in [0.2, 0.25) is 0 Å². The van der Waals surface area contributed by atoms with Gasteiger partial charge >= 0.3 is 5.97 Å². The minimum atomic E-state index is -0.200. The van der Waals surface area contributed by atoms with Crippen molar-refractivity contribution < 1.29 is 14.3 Å². The number of ether oxygens (including phenoxy) is 2. The standard InChI is InChI=1S/C25H36O3/c1-16(8-10-20-18(3)14-22(26)28-20)7-9-19-17(2)13-21-23-24(4,15-27-21)11-6-12-25(19,23)5/h8,14,19-21,23H,2,6-7,9-13,15H2,1,3-5H3/t19-,20+,21-,23-,24-,25+/m0/s1. The second kappa shape index (κ2) is 7.16. The van der Waals surface area contributed by atoms with Crippen molar-refractivity contribution in [2.75, 3.05) is 6.61 Å². The molecule has 0 aromatic heterocycles. The molecule has 4 aliphatic rings. The van der Waals surface area contributed by atoms with Crippen molar-refractivity contribution in [3.05, 3.63) is 35.5 Å². The summed E-state index contributed by atoms with van der Waals surface area (Å²) in [7, 11) is 0. The predicted molar refractivity (Wildman–Crippen MR) is 112 cm³/mol. The van der Waals surface area contributed by atoms with E-state index in [1.54, 1.807) is 6.08 Å². The van der Waals surface area contributed by atoms with Crippen molar-refractivity contribution >= 4 is 5.97 Å². The van der Waals surface area contributed by atoms with Crippen LogP contribution in [0.3, 0.4) is 0 Å². The van der Waals surface area contributed by atoms with Gasteiger partial charge in [-0.2, -0.15) is 0 Å². The fraction of sp³-hybridized carbons (Fsp3) is 0.720. The highest BCUT2D eigenvalue weighted by Crippen LogP contribution is 2.65.